The van der Waals surface area contributed by atoms with Crippen LogP contribution in [-0.2, 0) is 19.1 Å². The summed E-state index contributed by atoms with van der Waals surface area (Å²) >= 11 is 0. The number of carboxylic acid groups (broad SMARTS) is 1. The van der Waals surface area contributed by atoms with E-state index in [0.717, 1.165) is 4.68 Å². The van der Waals surface area contributed by atoms with Gasteiger partial charge < -0.3 is 24.2 Å². The van der Waals surface area contributed by atoms with Crippen molar-refractivity contribution in [2.45, 2.75) is 44.9 Å². The molecule has 0 saturated heterocycles. The van der Waals surface area contributed by atoms with Crippen LogP contribution in [0.1, 0.15) is 52.2 Å². The Morgan fingerprint density at radius 1 is 1.12 bits per heavy atom. The molecule has 1 N–H and O–H groups in total. The monoisotopic (exact) mass is 603 g/mol. The third kappa shape index (κ3) is 5.61. The number of ether oxygens (including phenoxy) is 3. The third-order valence-corrected chi connectivity index (χ3v) is 7.01. The summed E-state index contributed by atoms with van der Waals surface area (Å²) in [5.41, 5.74) is 0.414. The average Bonchev–Trinajstić information content (AvgIpc) is 3.50. The van der Waals surface area contributed by atoms with Crippen molar-refractivity contribution < 1.29 is 46.1 Å². The van der Waals surface area contributed by atoms with Crippen LogP contribution in [0.4, 0.5) is 27.8 Å². The predicted molar refractivity (Wildman–Crippen MR) is 139 cm³/mol. The summed E-state index contributed by atoms with van der Waals surface area (Å²) in [6.07, 6.45) is -7.38. The summed E-state index contributed by atoms with van der Waals surface area (Å²) in [4.78, 5) is 13.0. The Kier molecular flexibility index (Phi) is 6.81. The fourth-order valence-electron chi connectivity index (χ4n) is 5.06. The Bertz CT molecular complexity index is 1690. The number of hydrogen-bond donors (Lipinski definition) is 1. The molecule has 0 bridgehead atoms. The third-order valence-electron chi connectivity index (χ3n) is 7.01. The van der Waals surface area contributed by atoms with E-state index in [1.807, 2.05) is 0 Å². The molecule has 0 unspecified atom stereocenters. The van der Waals surface area contributed by atoms with Gasteiger partial charge in [-0.3, -0.25) is 0 Å². The van der Waals surface area contributed by atoms with Gasteiger partial charge >= 0.3 is 18.4 Å². The van der Waals surface area contributed by atoms with E-state index in [0.29, 0.717) is 24.1 Å². The van der Waals surface area contributed by atoms with Gasteiger partial charge in [-0.05, 0) is 55.2 Å². The normalized spacial score (nSPS) is 16.1. The number of carbonyl (C=O) groups is 1. The second kappa shape index (κ2) is 10.4. The number of fused-ring (bicyclic) bond motifs is 2. The van der Waals surface area contributed by atoms with Crippen LogP contribution < -0.4 is 19.1 Å². The van der Waals surface area contributed by atoms with Crippen LogP contribution in [0.2, 0.25) is 0 Å². The van der Waals surface area contributed by atoms with Gasteiger partial charge in [-0.1, -0.05) is 18.2 Å². The molecule has 4 heterocycles. The first-order chi connectivity index (χ1) is 20.4. The fourth-order valence-corrected chi connectivity index (χ4v) is 5.06. The van der Waals surface area contributed by atoms with Crippen LogP contribution in [-0.4, -0.2) is 43.9 Å². The van der Waals surface area contributed by atoms with Crippen molar-refractivity contribution >= 4 is 11.8 Å². The van der Waals surface area contributed by atoms with E-state index < -0.39 is 30.2 Å². The summed E-state index contributed by atoms with van der Waals surface area (Å²) in [6.45, 7) is 2.26. The van der Waals surface area contributed by atoms with E-state index in [-0.39, 0.29) is 53.0 Å². The molecule has 0 saturated carbocycles. The van der Waals surface area contributed by atoms with Crippen LogP contribution in [0.25, 0.3) is 5.69 Å². The van der Waals surface area contributed by atoms with Crippen molar-refractivity contribution in [2.75, 3.05) is 11.4 Å². The number of anilines is 1. The van der Waals surface area contributed by atoms with Gasteiger partial charge in [0.1, 0.15) is 11.9 Å². The number of benzene rings is 2. The Labute approximate surface area is 240 Å². The number of halogens is 5. The maximum absolute atomic E-state index is 14.1. The van der Waals surface area contributed by atoms with Gasteiger partial charge in [-0.25, -0.2) is 9.48 Å². The molecule has 1 atom stereocenters. The predicted octanol–water partition coefficient (Wildman–Crippen LogP) is 5.79. The molecular formula is C28H22F5N5O5. The smallest absolute Gasteiger partial charge is 0.478 e. The van der Waals surface area contributed by atoms with E-state index >= 15 is 0 Å². The highest BCUT2D eigenvalue weighted by molar-refractivity contribution is 5.87. The SMILES string of the molecule is C[C@@H](Oc1cc(-n2nc(C(F)(F)F)c3c2N(Cc2ccc(C(=O)O)cc2)CCC3)cnn1)c1ccc2c(c1)OC(F)(F)O2. The minimum Gasteiger partial charge on any atom is -0.478 e. The number of rotatable bonds is 7. The molecule has 0 spiro atoms. The van der Waals surface area contributed by atoms with Crippen molar-refractivity contribution in [3.63, 3.8) is 0 Å². The van der Waals surface area contributed by atoms with Crippen molar-refractivity contribution in [3.8, 4) is 23.1 Å². The zero-order valence-corrected chi connectivity index (χ0v) is 22.3. The second-order valence-electron chi connectivity index (χ2n) is 9.97. The average molecular weight is 604 g/mol. The first kappa shape index (κ1) is 28.2. The maximum atomic E-state index is 14.1. The van der Waals surface area contributed by atoms with Crippen molar-refractivity contribution in [2.24, 2.45) is 0 Å². The molecule has 0 radical (unpaired) electrons. The Morgan fingerprint density at radius 2 is 1.86 bits per heavy atom. The number of hydrogen-bond acceptors (Lipinski definition) is 8. The zero-order chi connectivity index (χ0) is 30.5. The van der Waals surface area contributed by atoms with Crippen LogP contribution in [0, 0.1) is 0 Å². The summed E-state index contributed by atoms with van der Waals surface area (Å²) in [7, 11) is 0. The van der Waals surface area contributed by atoms with Crippen LogP contribution in [0.5, 0.6) is 17.4 Å². The number of carboxylic acids is 1. The van der Waals surface area contributed by atoms with Crippen LogP contribution in [0.15, 0.2) is 54.7 Å². The summed E-state index contributed by atoms with van der Waals surface area (Å²) in [5.74, 6) is -1.20. The van der Waals surface area contributed by atoms with Gasteiger partial charge in [0.2, 0.25) is 5.88 Å². The lowest BCUT2D eigenvalue weighted by molar-refractivity contribution is -0.286. The molecule has 2 aliphatic rings. The van der Waals surface area contributed by atoms with Gasteiger partial charge in [0.05, 0.1) is 17.4 Å². The summed E-state index contributed by atoms with van der Waals surface area (Å²) in [6, 6.07) is 11.6. The molecule has 0 amide bonds. The quantitative estimate of drug-likeness (QED) is 0.262. The Hall–Kier alpha value is -4.95. The molecule has 2 aromatic carbocycles. The number of alkyl halides is 5. The largest absolute Gasteiger partial charge is 0.586 e. The second-order valence-corrected chi connectivity index (χ2v) is 9.97. The minimum atomic E-state index is -4.72. The fraction of sp³-hybridized carbons (Fsp3) is 0.286. The first-order valence-electron chi connectivity index (χ1n) is 13.0. The Balaban J connectivity index is 1.31. The van der Waals surface area contributed by atoms with Crippen molar-refractivity contribution in [1.29, 1.82) is 0 Å². The lowest BCUT2D eigenvalue weighted by atomic mass is 10.0. The van der Waals surface area contributed by atoms with E-state index in [9.17, 15) is 31.9 Å². The number of aromatic nitrogens is 4. The van der Waals surface area contributed by atoms with E-state index in [2.05, 4.69) is 24.8 Å². The van der Waals surface area contributed by atoms with Crippen LogP contribution >= 0.6 is 0 Å². The lowest BCUT2D eigenvalue weighted by Crippen LogP contribution is -2.31. The number of nitrogens with zero attached hydrogens (tertiary/aromatic N) is 5. The van der Waals surface area contributed by atoms with E-state index in [1.54, 1.807) is 24.0 Å². The maximum Gasteiger partial charge on any atom is 0.586 e. The van der Waals surface area contributed by atoms with Gasteiger partial charge in [0.15, 0.2) is 17.2 Å². The van der Waals surface area contributed by atoms with Crippen molar-refractivity contribution in [1.82, 2.24) is 20.0 Å². The molecule has 15 heteroatoms. The molecule has 2 aliphatic heterocycles. The molecule has 0 aliphatic carbocycles. The molecule has 2 aromatic heterocycles. The minimum absolute atomic E-state index is 0.0331. The number of aromatic carboxylic acids is 1. The highest BCUT2D eigenvalue weighted by Gasteiger charge is 2.44. The molecule has 224 valence electrons. The van der Waals surface area contributed by atoms with Gasteiger partial charge in [-0.2, -0.15) is 23.4 Å². The standard InChI is InChI=1S/C28H22F5N5O5/c1-15(18-8-9-21-22(11-18)43-28(32,33)42-21)41-23-12-19(13-34-35-23)38-25-20(24(36-38)27(29,30)31)3-2-10-37(25)14-16-4-6-17(7-5-16)26(39)40/h4-9,11-13,15H,2-3,10,14H2,1H3,(H,39,40)/t15-/m1/s1. The molecule has 4 aromatic rings. The summed E-state index contributed by atoms with van der Waals surface area (Å²) in [5, 5.41) is 21.0. The first-order valence-corrected chi connectivity index (χ1v) is 13.0. The zero-order valence-electron chi connectivity index (χ0n) is 22.3. The topological polar surface area (TPSA) is 112 Å². The summed E-state index contributed by atoms with van der Waals surface area (Å²) < 4.78 is 85.0. The Morgan fingerprint density at radius 3 is 2.58 bits per heavy atom. The van der Waals surface area contributed by atoms with Gasteiger partial charge in [0.25, 0.3) is 0 Å². The molecule has 43 heavy (non-hydrogen) atoms. The molecular weight excluding hydrogens is 581 g/mol. The van der Waals surface area contributed by atoms with E-state index in [1.165, 1.54) is 42.6 Å². The van der Waals surface area contributed by atoms with Gasteiger partial charge in [0, 0.05) is 24.7 Å². The molecule has 0 fully saturated rings. The molecule has 10 nitrogen and oxygen atoms in total. The lowest BCUT2D eigenvalue weighted by Gasteiger charge is -2.30. The molecule has 6 rings (SSSR count). The highest BCUT2D eigenvalue weighted by atomic mass is 19.4. The highest BCUT2D eigenvalue weighted by Crippen LogP contribution is 2.43. The van der Waals surface area contributed by atoms with Crippen molar-refractivity contribution in [3.05, 3.63) is 82.7 Å². The van der Waals surface area contributed by atoms with E-state index in [4.69, 9.17) is 4.74 Å². The van der Waals surface area contributed by atoms with Gasteiger partial charge in [-0.15, -0.1) is 13.9 Å². The van der Waals surface area contributed by atoms with Crippen LogP contribution in [0.3, 0.4) is 0 Å².